The lowest BCUT2D eigenvalue weighted by molar-refractivity contribution is -0.0109. The molecule has 2 aromatic rings. The molecule has 3 heterocycles. The van der Waals surface area contributed by atoms with Crippen LogP contribution < -0.4 is 4.90 Å². The monoisotopic (exact) mass is 415 g/mol. The highest BCUT2D eigenvalue weighted by atomic mass is 19.1. The number of benzene rings is 1. The summed E-state index contributed by atoms with van der Waals surface area (Å²) in [6, 6.07) is 6.87. The van der Waals surface area contributed by atoms with Crippen LogP contribution >= 0.6 is 0 Å². The number of amides is 1. The average Bonchev–Trinajstić information content (AvgIpc) is 3.14. The van der Waals surface area contributed by atoms with E-state index in [1.807, 2.05) is 26.0 Å². The van der Waals surface area contributed by atoms with E-state index in [1.165, 1.54) is 6.07 Å². The van der Waals surface area contributed by atoms with Crippen LogP contribution in [0.15, 0.2) is 24.3 Å². The third-order valence-electron chi connectivity index (χ3n) is 6.48. The van der Waals surface area contributed by atoms with Crippen LogP contribution in [0.2, 0.25) is 0 Å². The maximum atomic E-state index is 14.1. The molecule has 0 aliphatic carbocycles. The lowest BCUT2D eigenvalue weighted by Crippen LogP contribution is -2.59. The van der Waals surface area contributed by atoms with Crippen molar-refractivity contribution in [2.45, 2.75) is 38.8 Å². The van der Waals surface area contributed by atoms with Crippen LogP contribution in [0.4, 0.5) is 10.1 Å². The minimum absolute atomic E-state index is 0.0169. The summed E-state index contributed by atoms with van der Waals surface area (Å²) in [6.07, 6.45) is 0.916. The van der Waals surface area contributed by atoms with E-state index in [0.29, 0.717) is 24.5 Å². The fourth-order valence-electron chi connectivity index (χ4n) is 4.67. The van der Waals surface area contributed by atoms with E-state index in [2.05, 4.69) is 20.0 Å². The number of nitrogens with one attached hydrogen (secondary N) is 1. The number of piperidine rings is 1. The minimum Gasteiger partial charge on any atom is -0.390 e. The first-order valence-electron chi connectivity index (χ1n) is 10.7. The molecule has 2 aliphatic rings. The molecule has 0 spiro atoms. The van der Waals surface area contributed by atoms with E-state index in [1.54, 1.807) is 11.0 Å². The van der Waals surface area contributed by atoms with E-state index in [9.17, 15) is 14.3 Å². The number of nitrogens with zero attached hydrogens (tertiary/aromatic N) is 4. The number of likely N-dealkylation sites (tertiary alicyclic amines) is 1. The number of halogens is 1. The maximum Gasteiger partial charge on any atom is 0.274 e. The number of hydrogen-bond acceptors (Lipinski definition) is 5. The molecular formula is C22H30FN5O2. The Bertz CT molecular complexity index is 893. The Hall–Kier alpha value is -2.45. The summed E-state index contributed by atoms with van der Waals surface area (Å²) in [5.74, 6) is -0.317. The van der Waals surface area contributed by atoms with Crippen molar-refractivity contribution in [3.63, 3.8) is 0 Å². The molecular weight excluding hydrogens is 385 g/mol. The molecule has 2 aliphatic heterocycles. The zero-order chi connectivity index (χ0) is 21.3. The number of aryl methyl sites for hydroxylation is 1. The molecule has 0 radical (unpaired) electrons. The predicted octanol–water partition coefficient (Wildman–Crippen LogP) is 1.82. The van der Waals surface area contributed by atoms with Crippen molar-refractivity contribution in [1.29, 1.82) is 0 Å². The van der Waals surface area contributed by atoms with Gasteiger partial charge in [0.2, 0.25) is 0 Å². The van der Waals surface area contributed by atoms with Crippen molar-refractivity contribution in [3.05, 3.63) is 47.0 Å². The van der Waals surface area contributed by atoms with Gasteiger partial charge in [-0.25, -0.2) is 4.39 Å². The van der Waals surface area contributed by atoms with Gasteiger partial charge in [-0.05, 0) is 31.9 Å². The first kappa shape index (κ1) is 20.8. The van der Waals surface area contributed by atoms with Crippen molar-refractivity contribution in [3.8, 4) is 0 Å². The standard InChI is InChI=1S/C22H30FN5O2/c1-3-17-15(2)21(25-24-17)22(30)28-9-8-19(20(29)14-28)27-12-10-26(11-13-27)18-7-5-4-6-16(18)23/h4-7,19-20,29H,3,8-14H2,1-2H3,(H,24,25)/t19-,20-/m1/s1. The summed E-state index contributed by atoms with van der Waals surface area (Å²) in [5.41, 5.74) is 2.96. The highest BCUT2D eigenvalue weighted by Gasteiger charge is 2.36. The quantitative estimate of drug-likeness (QED) is 0.797. The third-order valence-corrected chi connectivity index (χ3v) is 6.48. The van der Waals surface area contributed by atoms with Gasteiger partial charge in [0.25, 0.3) is 5.91 Å². The van der Waals surface area contributed by atoms with Gasteiger partial charge in [-0.2, -0.15) is 5.10 Å². The lowest BCUT2D eigenvalue weighted by atomic mass is 9.98. The highest BCUT2D eigenvalue weighted by Crippen LogP contribution is 2.24. The summed E-state index contributed by atoms with van der Waals surface area (Å²) in [6.45, 7) is 7.82. The van der Waals surface area contributed by atoms with Gasteiger partial charge in [0, 0.05) is 56.6 Å². The first-order valence-corrected chi connectivity index (χ1v) is 10.7. The fraction of sp³-hybridized carbons (Fsp3) is 0.545. The molecule has 162 valence electrons. The Labute approximate surface area is 176 Å². The number of β-amino-alcohol motifs (C(OH)–C–C–N with tert-alkyl or cyclic N) is 1. The zero-order valence-corrected chi connectivity index (χ0v) is 17.6. The molecule has 8 heteroatoms. The van der Waals surface area contributed by atoms with Crippen molar-refractivity contribution in [1.82, 2.24) is 20.0 Å². The van der Waals surface area contributed by atoms with Gasteiger partial charge in [-0.15, -0.1) is 0 Å². The molecule has 1 aromatic carbocycles. The van der Waals surface area contributed by atoms with Gasteiger partial charge >= 0.3 is 0 Å². The summed E-state index contributed by atoms with van der Waals surface area (Å²) < 4.78 is 14.1. The first-order chi connectivity index (χ1) is 14.5. The number of H-pyrrole nitrogens is 1. The SMILES string of the molecule is CCc1[nH]nc(C(=O)N2CC[C@@H](N3CCN(c4ccccc4F)CC3)[C@H](O)C2)c1C. The van der Waals surface area contributed by atoms with Crippen LogP contribution in [0.3, 0.4) is 0 Å². The van der Waals surface area contributed by atoms with Gasteiger partial charge in [-0.3, -0.25) is 14.8 Å². The Kier molecular flexibility index (Phi) is 6.06. The predicted molar refractivity (Wildman–Crippen MR) is 113 cm³/mol. The van der Waals surface area contributed by atoms with Crippen molar-refractivity contribution in [2.75, 3.05) is 44.2 Å². The van der Waals surface area contributed by atoms with E-state index in [0.717, 1.165) is 50.3 Å². The number of carbonyl (C=O) groups excluding carboxylic acids is 1. The van der Waals surface area contributed by atoms with Crippen molar-refractivity contribution >= 4 is 11.6 Å². The second-order valence-corrected chi connectivity index (χ2v) is 8.18. The Morgan fingerprint density at radius 1 is 1.23 bits per heavy atom. The summed E-state index contributed by atoms with van der Waals surface area (Å²) >= 11 is 0. The van der Waals surface area contributed by atoms with Crippen LogP contribution in [0.25, 0.3) is 0 Å². The highest BCUT2D eigenvalue weighted by molar-refractivity contribution is 5.94. The molecule has 0 unspecified atom stereocenters. The number of aromatic nitrogens is 2. The second kappa shape index (κ2) is 8.73. The van der Waals surface area contributed by atoms with Crippen LogP contribution in [-0.2, 0) is 6.42 Å². The van der Waals surface area contributed by atoms with Crippen molar-refractivity contribution in [2.24, 2.45) is 0 Å². The van der Waals surface area contributed by atoms with Crippen molar-refractivity contribution < 1.29 is 14.3 Å². The molecule has 7 nitrogen and oxygen atoms in total. The van der Waals surface area contributed by atoms with Gasteiger partial charge in [0.15, 0.2) is 5.69 Å². The third kappa shape index (κ3) is 3.94. The van der Waals surface area contributed by atoms with E-state index in [-0.39, 0.29) is 17.8 Å². The molecule has 2 atom stereocenters. The number of aliphatic hydroxyl groups is 1. The molecule has 1 aromatic heterocycles. The van der Waals surface area contributed by atoms with Crippen LogP contribution in [0, 0.1) is 12.7 Å². The van der Waals surface area contributed by atoms with E-state index < -0.39 is 6.10 Å². The van der Waals surface area contributed by atoms with Gasteiger partial charge in [0.05, 0.1) is 11.8 Å². The number of piperazine rings is 1. The topological polar surface area (TPSA) is 75.7 Å². The molecule has 0 saturated carbocycles. The van der Waals surface area contributed by atoms with Crippen LogP contribution in [0.1, 0.15) is 35.1 Å². The second-order valence-electron chi connectivity index (χ2n) is 8.18. The molecule has 2 N–H and O–H groups in total. The number of rotatable bonds is 4. The number of carbonyl (C=O) groups is 1. The van der Waals surface area contributed by atoms with Crippen LogP contribution in [-0.4, -0.2) is 82.4 Å². The molecule has 0 bridgehead atoms. The minimum atomic E-state index is -0.604. The zero-order valence-electron chi connectivity index (χ0n) is 17.6. The summed E-state index contributed by atoms with van der Waals surface area (Å²) in [7, 11) is 0. The summed E-state index contributed by atoms with van der Waals surface area (Å²) in [5, 5.41) is 17.9. The Balaban J connectivity index is 1.34. The summed E-state index contributed by atoms with van der Waals surface area (Å²) in [4.78, 5) is 18.9. The Morgan fingerprint density at radius 2 is 1.97 bits per heavy atom. The van der Waals surface area contributed by atoms with Gasteiger partial charge in [0.1, 0.15) is 5.82 Å². The molecule has 30 heavy (non-hydrogen) atoms. The molecule has 2 saturated heterocycles. The Morgan fingerprint density at radius 3 is 2.60 bits per heavy atom. The van der Waals surface area contributed by atoms with Gasteiger partial charge in [-0.1, -0.05) is 19.1 Å². The van der Waals surface area contributed by atoms with Gasteiger partial charge < -0.3 is 14.9 Å². The lowest BCUT2D eigenvalue weighted by Gasteiger charge is -2.45. The number of anilines is 1. The molecule has 1 amide bonds. The number of aliphatic hydroxyl groups excluding tert-OH is 1. The number of hydrogen-bond donors (Lipinski definition) is 2. The smallest absolute Gasteiger partial charge is 0.274 e. The van der Waals surface area contributed by atoms with E-state index in [4.69, 9.17) is 0 Å². The molecule has 2 fully saturated rings. The van der Waals surface area contributed by atoms with E-state index >= 15 is 0 Å². The largest absolute Gasteiger partial charge is 0.390 e. The number of para-hydroxylation sites is 1. The average molecular weight is 416 g/mol. The maximum absolute atomic E-state index is 14.1. The van der Waals surface area contributed by atoms with Crippen LogP contribution in [0.5, 0.6) is 0 Å². The normalized spacial score (nSPS) is 23.1. The number of aromatic amines is 1. The molecule has 4 rings (SSSR count). The fourth-order valence-corrected chi connectivity index (χ4v) is 4.67.